The highest BCUT2D eigenvalue weighted by molar-refractivity contribution is 5.18. The molecule has 2 N–H and O–H groups in total. The first-order valence-corrected chi connectivity index (χ1v) is 6.67. The number of hydrogen-bond acceptors (Lipinski definition) is 3. The number of aromatic nitrogens is 2. The molecule has 1 saturated heterocycles. The van der Waals surface area contributed by atoms with Gasteiger partial charge in [-0.05, 0) is 38.1 Å². The molecule has 1 saturated carbocycles. The van der Waals surface area contributed by atoms with Crippen molar-refractivity contribution in [2.45, 2.75) is 50.5 Å². The zero-order valence-electron chi connectivity index (χ0n) is 10.0. The van der Waals surface area contributed by atoms with Crippen molar-refractivity contribution in [1.82, 2.24) is 15.3 Å². The molecule has 0 spiro atoms. The van der Waals surface area contributed by atoms with Gasteiger partial charge in [0.2, 0.25) is 0 Å². The average Bonchev–Trinajstić information content (AvgIpc) is 3.16. The van der Waals surface area contributed by atoms with Crippen molar-refractivity contribution in [1.29, 1.82) is 0 Å². The predicted octanol–water partition coefficient (Wildman–Crippen LogP) is 1.85. The fourth-order valence-corrected chi connectivity index (χ4v) is 2.54. The highest BCUT2D eigenvalue weighted by atomic mass is 16.1. The van der Waals surface area contributed by atoms with E-state index in [0.29, 0.717) is 5.92 Å². The Balaban J connectivity index is 1.82. The lowest BCUT2D eigenvalue weighted by molar-refractivity contribution is 0.505. The molecule has 0 radical (unpaired) electrons. The summed E-state index contributed by atoms with van der Waals surface area (Å²) in [6.45, 7) is 1.03. The van der Waals surface area contributed by atoms with E-state index in [1.54, 1.807) is 6.20 Å². The number of nitrogens with one attached hydrogen (secondary N) is 2. The van der Waals surface area contributed by atoms with Gasteiger partial charge in [0.15, 0.2) is 0 Å². The molecule has 4 heteroatoms. The molecule has 4 nitrogen and oxygen atoms in total. The van der Waals surface area contributed by atoms with Crippen molar-refractivity contribution in [2.75, 3.05) is 6.54 Å². The van der Waals surface area contributed by atoms with E-state index in [0.717, 1.165) is 37.2 Å². The average molecular weight is 233 g/mol. The van der Waals surface area contributed by atoms with Gasteiger partial charge in [0.1, 0.15) is 5.82 Å². The summed E-state index contributed by atoms with van der Waals surface area (Å²) in [5.41, 5.74) is 0.950. The summed E-state index contributed by atoms with van der Waals surface area (Å²) in [5, 5.41) is 3.46. The quantitative estimate of drug-likeness (QED) is 0.819. The van der Waals surface area contributed by atoms with Crippen LogP contribution >= 0.6 is 0 Å². The van der Waals surface area contributed by atoms with Gasteiger partial charge >= 0.3 is 0 Å². The van der Waals surface area contributed by atoms with Gasteiger partial charge in [0.05, 0.1) is 6.04 Å². The summed E-state index contributed by atoms with van der Waals surface area (Å²) < 4.78 is 0. The van der Waals surface area contributed by atoms with Crippen LogP contribution in [0.1, 0.15) is 61.9 Å². The lowest BCUT2D eigenvalue weighted by Crippen LogP contribution is -2.26. The van der Waals surface area contributed by atoms with E-state index in [2.05, 4.69) is 15.3 Å². The minimum atomic E-state index is 0.0727. The SMILES string of the molecule is O=c1[nH]c(C2CCCCCN2)ncc1C1CC1. The zero-order chi connectivity index (χ0) is 11.7. The van der Waals surface area contributed by atoms with E-state index >= 15 is 0 Å². The molecule has 1 aromatic rings. The molecule has 1 unspecified atom stereocenters. The first kappa shape index (κ1) is 11.0. The molecule has 2 heterocycles. The smallest absolute Gasteiger partial charge is 0.254 e. The lowest BCUT2D eigenvalue weighted by Gasteiger charge is -2.14. The number of H-pyrrole nitrogens is 1. The van der Waals surface area contributed by atoms with Crippen molar-refractivity contribution >= 4 is 0 Å². The second-order valence-electron chi connectivity index (χ2n) is 5.18. The Morgan fingerprint density at radius 2 is 2.06 bits per heavy atom. The minimum Gasteiger partial charge on any atom is -0.309 e. The summed E-state index contributed by atoms with van der Waals surface area (Å²) in [6, 6.07) is 0.235. The number of rotatable bonds is 2. The van der Waals surface area contributed by atoms with E-state index < -0.39 is 0 Å². The van der Waals surface area contributed by atoms with E-state index in [9.17, 15) is 4.79 Å². The minimum absolute atomic E-state index is 0.0727. The van der Waals surface area contributed by atoms with Crippen LogP contribution < -0.4 is 10.9 Å². The van der Waals surface area contributed by atoms with Gasteiger partial charge < -0.3 is 10.3 Å². The van der Waals surface area contributed by atoms with Crippen LogP contribution in [0, 0.1) is 0 Å². The van der Waals surface area contributed by atoms with Crippen LogP contribution in [0.3, 0.4) is 0 Å². The second kappa shape index (κ2) is 4.61. The van der Waals surface area contributed by atoms with Crippen molar-refractivity contribution in [2.24, 2.45) is 0 Å². The van der Waals surface area contributed by atoms with Gasteiger partial charge in [-0.2, -0.15) is 0 Å². The number of aromatic amines is 1. The summed E-state index contributed by atoms with van der Waals surface area (Å²) >= 11 is 0. The van der Waals surface area contributed by atoms with E-state index in [1.165, 1.54) is 19.3 Å². The van der Waals surface area contributed by atoms with Gasteiger partial charge in [-0.15, -0.1) is 0 Å². The van der Waals surface area contributed by atoms with Crippen molar-refractivity contribution in [3.63, 3.8) is 0 Å². The van der Waals surface area contributed by atoms with Crippen LogP contribution in [0.15, 0.2) is 11.0 Å². The second-order valence-corrected chi connectivity index (χ2v) is 5.18. The van der Waals surface area contributed by atoms with Crippen LogP contribution in [0.4, 0.5) is 0 Å². The van der Waals surface area contributed by atoms with Crippen molar-refractivity contribution in [3.8, 4) is 0 Å². The number of hydrogen-bond donors (Lipinski definition) is 2. The molecule has 1 aliphatic heterocycles. The summed E-state index contributed by atoms with van der Waals surface area (Å²) in [5.74, 6) is 1.30. The van der Waals surface area contributed by atoms with Crippen molar-refractivity contribution < 1.29 is 0 Å². The molecule has 1 aromatic heterocycles. The van der Waals surface area contributed by atoms with Crippen molar-refractivity contribution in [3.05, 3.63) is 27.9 Å². The Hall–Kier alpha value is -1.16. The van der Waals surface area contributed by atoms with Gasteiger partial charge in [0.25, 0.3) is 5.56 Å². The maximum atomic E-state index is 11.9. The van der Waals surface area contributed by atoms with Gasteiger partial charge in [-0.1, -0.05) is 12.8 Å². The Bertz CT molecular complexity index is 442. The third kappa shape index (κ3) is 2.41. The van der Waals surface area contributed by atoms with E-state index in [4.69, 9.17) is 0 Å². The summed E-state index contributed by atoms with van der Waals surface area (Å²) in [6.07, 6.45) is 8.86. The fraction of sp³-hybridized carbons (Fsp3) is 0.692. The number of nitrogens with zero attached hydrogens (tertiary/aromatic N) is 1. The molecule has 0 bridgehead atoms. The topological polar surface area (TPSA) is 57.8 Å². The summed E-state index contributed by atoms with van der Waals surface area (Å²) in [7, 11) is 0. The Morgan fingerprint density at radius 1 is 1.18 bits per heavy atom. The zero-order valence-corrected chi connectivity index (χ0v) is 10.0. The summed E-state index contributed by atoms with van der Waals surface area (Å²) in [4.78, 5) is 19.3. The third-order valence-corrected chi connectivity index (χ3v) is 3.75. The largest absolute Gasteiger partial charge is 0.309 e. The van der Waals surface area contributed by atoms with Crippen LogP contribution in [-0.4, -0.2) is 16.5 Å². The van der Waals surface area contributed by atoms with Crippen LogP contribution in [-0.2, 0) is 0 Å². The Kier molecular flexibility index (Phi) is 2.97. The van der Waals surface area contributed by atoms with Crippen LogP contribution in [0.5, 0.6) is 0 Å². The molecule has 3 rings (SSSR count). The monoisotopic (exact) mass is 233 g/mol. The first-order chi connectivity index (χ1) is 8.34. The molecular formula is C13H19N3O. The van der Waals surface area contributed by atoms with E-state index in [1.807, 2.05) is 0 Å². The van der Waals surface area contributed by atoms with E-state index in [-0.39, 0.29) is 11.6 Å². The standard InChI is InChI=1S/C13H19N3O/c17-13-10(9-5-6-9)8-15-12(16-13)11-4-2-1-3-7-14-11/h8-9,11,14H,1-7H2,(H,15,16,17). The Morgan fingerprint density at radius 3 is 2.82 bits per heavy atom. The predicted molar refractivity (Wildman–Crippen MR) is 66.0 cm³/mol. The van der Waals surface area contributed by atoms with Crippen LogP contribution in [0.25, 0.3) is 0 Å². The normalized spacial score (nSPS) is 25.5. The Labute approximate surface area is 101 Å². The maximum Gasteiger partial charge on any atom is 0.254 e. The first-order valence-electron chi connectivity index (χ1n) is 6.67. The molecule has 1 aliphatic carbocycles. The molecule has 0 amide bonds. The molecule has 0 aromatic carbocycles. The molecule has 2 fully saturated rings. The highest BCUT2D eigenvalue weighted by Crippen LogP contribution is 2.37. The highest BCUT2D eigenvalue weighted by Gasteiger charge is 2.27. The third-order valence-electron chi connectivity index (χ3n) is 3.75. The van der Waals surface area contributed by atoms with Gasteiger partial charge in [-0.25, -0.2) is 4.98 Å². The molecule has 17 heavy (non-hydrogen) atoms. The van der Waals surface area contributed by atoms with Gasteiger partial charge in [0, 0.05) is 11.8 Å². The fourth-order valence-electron chi connectivity index (χ4n) is 2.54. The van der Waals surface area contributed by atoms with Gasteiger partial charge in [-0.3, -0.25) is 4.79 Å². The molecule has 1 atom stereocenters. The molecule has 92 valence electrons. The maximum absolute atomic E-state index is 11.9. The molecular weight excluding hydrogens is 214 g/mol. The van der Waals surface area contributed by atoms with Crippen LogP contribution in [0.2, 0.25) is 0 Å². The molecule has 2 aliphatic rings. The lowest BCUT2D eigenvalue weighted by atomic mass is 10.1.